The zero-order valence-corrected chi connectivity index (χ0v) is 20.0. The number of H-pyrrole nitrogens is 1. The van der Waals surface area contributed by atoms with Gasteiger partial charge in [-0.05, 0) is 11.6 Å². The van der Waals surface area contributed by atoms with Crippen molar-refractivity contribution in [2.45, 2.75) is 6.04 Å². The Bertz CT molecular complexity index is 1220. The summed E-state index contributed by atoms with van der Waals surface area (Å²) < 4.78 is 5.39. The van der Waals surface area contributed by atoms with Crippen LogP contribution < -0.4 is 16.4 Å². The number of morpholine rings is 1. The average molecular weight is 497 g/mol. The fourth-order valence-corrected chi connectivity index (χ4v) is 3.92. The summed E-state index contributed by atoms with van der Waals surface area (Å²) in [7, 11) is 0. The van der Waals surface area contributed by atoms with Gasteiger partial charge in [0, 0.05) is 45.1 Å². The number of hydrogen-bond donors (Lipinski definition) is 4. The first kappa shape index (κ1) is 24.7. The lowest BCUT2D eigenvalue weighted by Gasteiger charge is -2.26. The lowest BCUT2D eigenvalue weighted by atomic mass is 10.1. The van der Waals surface area contributed by atoms with Crippen LogP contribution in [0.4, 0.5) is 11.9 Å². The molecule has 1 aliphatic rings. The minimum Gasteiger partial charge on any atom is -0.379 e. The van der Waals surface area contributed by atoms with Crippen LogP contribution in [0.1, 0.15) is 11.6 Å². The standard InChI is InChI=1S/C23H28N10O.ClH/c24-14-19(16-4-2-1-3-5-16)29-23-25-7-6-18(28-23)20-17-15-27-22(30-21(17)32-31-20)26-8-9-33-10-12-34-13-11-33;/h1-7,15,19H,8-14,24H2,(H,25,28,29)(H2,26,27,30,31,32);1H. The number of anilines is 2. The van der Waals surface area contributed by atoms with Crippen LogP contribution in [-0.2, 0) is 4.74 Å². The molecule has 0 bridgehead atoms. The zero-order chi connectivity index (χ0) is 23.2. The number of nitrogens with zero attached hydrogens (tertiary/aromatic N) is 6. The normalized spacial score (nSPS) is 14.9. The highest BCUT2D eigenvalue weighted by molar-refractivity contribution is 5.89. The van der Waals surface area contributed by atoms with Crippen LogP contribution in [0, 0.1) is 0 Å². The van der Waals surface area contributed by atoms with Crippen LogP contribution in [0.5, 0.6) is 0 Å². The molecule has 35 heavy (non-hydrogen) atoms. The summed E-state index contributed by atoms with van der Waals surface area (Å²) in [5.41, 5.74) is 9.08. The highest BCUT2D eigenvalue weighted by Gasteiger charge is 2.15. The molecule has 1 saturated heterocycles. The number of nitrogens with one attached hydrogen (secondary N) is 3. The quantitative estimate of drug-likeness (QED) is 0.272. The minimum atomic E-state index is -0.0932. The van der Waals surface area contributed by atoms with Gasteiger partial charge in [0.05, 0.1) is 36.0 Å². The van der Waals surface area contributed by atoms with Crippen molar-refractivity contribution in [3.05, 3.63) is 54.4 Å². The molecule has 0 spiro atoms. The second kappa shape index (κ2) is 11.8. The van der Waals surface area contributed by atoms with Crippen molar-refractivity contribution in [1.29, 1.82) is 0 Å². The van der Waals surface area contributed by atoms with Crippen molar-refractivity contribution < 1.29 is 4.74 Å². The molecule has 0 aliphatic carbocycles. The summed E-state index contributed by atoms with van der Waals surface area (Å²) in [5, 5.41) is 14.8. The maximum absolute atomic E-state index is 5.99. The Morgan fingerprint density at radius 3 is 2.69 bits per heavy atom. The monoisotopic (exact) mass is 496 g/mol. The van der Waals surface area contributed by atoms with Gasteiger partial charge in [0.1, 0.15) is 0 Å². The predicted octanol–water partition coefficient (Wildman–Crippen LogP) is 2.09. The van der Waals surface area contributed by atoms with E-state index < -0.39 is 0 Å². The minimum absolute atomic E-state index is 0. The third-order valence-electron chi connectivity index (χ3n) is 5.78. The van der Waals surface area contributed by atoms with Crippen LogP contribution in [0.2, 0.25) is 0 Å². The second-order valence-corrected chi connectivity index (χ2v) is 8.02. The summed E-state index contributed by atoms with van der Waals surface area (Å²) >= 11 is 0. The average Bonchev–Trinajstić information content (AvgIpc) is 3.32. The number of fused-ring (bicyclic) bond motifs is 1. The Kier molecular flexibility index (Phi) is 8.37. The Labute approximate surface area is 209 Å². The first-order valence-electron chi connectivity index (χ1n) is 11.4. The van der Waals surface area contributed by atoms with Gasteiger partial charge in [-0.2, -0.15) is 10.1 Å². The number of benzene rings is 1. The van der Waals surface area contributed by atoms with E-state index in [4.69, 9.17) is 10.5 Å². The lowest BCUT2D eigenvalue weighted by molar-refractivity contribution is 0.0398. The number of ether oxygens (including phenoxy) is 1. The van der Waals surface area contributed by atoms with Gasteiger partial charge in [-0.1, -0.05) is 30.3 Å². The van der Waals surface area contributed by atoms with Crippen LogP contribution in [0.3, 0.4) is 0 Å². The number of hydrogen-bond acceptors (Lipinski definition) is 10. The van der Waals surface area contributed by atoms with Gasteiger partial charge >= 0.3 is 0 Å². The Hall–Kier alpha value is -3.38. The lowest BCUT2D eigenvalue weighted by Crippen LogP contribution is -2.39. The predicted molar refractivity (Wildman–Crippen MR) is 138 cm³/mol. The molecular weight excluding hydrogens is 468 g/mol. The molecule has 3 aromatic heterocycles. The largest absolute Gasteiger partial charge is 0.379 e. The van der Waals surface area contributed by atoms with Gasteiger partial charge in [0.25, 0.3) is 0 Å². The maximum Gasteiger partial charge on any atom is 0.224 e. The van der Waals surface area contributed by atoms with Crippen LogP contribution >= 0.6 is 12.4 Å². The van der Waals surface area contributed by atoms with Gasteiger partial charge in [0.2, 0.25) is 11.9 Å². The van der Waals surface area contributed by atoms with Crippen molar-refractivity contribution in [2.75, 3.05) is 56.6 Å². The van der Waals surface area contributed by atoms with E-state index in [0.717, 1.165) is 56.0 Å². The topological polar surface area (TPSA) is 143 Å². The Morgan fingerprint density at radius 1 is 1.06 bits per heavy atom. The summed E-state index contributed by atoms with van der Waals surface area (Å²) in [5.74, 6) is 1.04. The van der Waals surface area contributed by atoms with Crippen molar-refractivity contribution >= 4 is 35.3 Å². The molecule has 11 nitrogen and oxygen atoms in total. The molecule has 0 amide bonds. The third kappa shape index (κ3) is 6.01. The number of halogens is 1. The van der Waals surface area contributed by atoms with E-state index in [-0.39, 0.29) is 18.4 Å². The van der Waals surface area contributed by atoms with E-state index >= 15 is 0 Å². The molecule has 4 heterocycles. The van der Waals surface area contributed by atoms with Gasteiger partial charge in [-0.25, -0.2) is 15.0 Å². The van der Waals surface area contributed by atoms with Crippen LogP contribution in [0.25, 0.3) is 22.4 Å². The smallest absolute Gasteiger partial charge is 0.224 e. The Morgan fingerprint density at radius 2 is 1.89 bits per heavy atom. The molecule has 0 radical (unpaired) electrons. The summed E-state index contributed by atoms with van der Waals surface area (Å²) in [4.78, 5) is 20.4. The van der Waals surface area contributed by atoms with Crippen molar-refractivity contribution in [2.24, 2.45) is 5.73 Å². The maximum atomic E-state index is 5.99. The Balaban J connectivity index is 0.00000289. The fourth-order valence-electron chi connectivity index (χ4n) is 3.92. The second-order valence-electron chi connectivity index (χ2n) is 8.02. The molecule has 1 atom stereocenters. The van der Waals surface area contributed by atoms with Gasteiger partial charge < -0.3 is 21.1 Å². The van der Waals surface area contributed by atoms with Crippen molar-refractivity contribution in [3.8, 4) is 11.4 Å². The summed E-state index contributed by atoms with van der Waals surface area (Å²) in [6.07, 6.45) is 3.47. The summed E-state index contributed by atoms with van der Waals surface area (Å²) in [6.45, 7) is 5.58. The molecular formula is C23H29ClN10O. The fraction of sp³-hybridized carbons (Fsp3) is 0.348. The van der Waals surface area contributed by atoms with E-state index in [2.05, 4.69) is 45.7 Å². The van der Waals surface area contributed by atoms with Gasteiger partial charge in [0.15, 0.2) is 5.65 Å². The number of aromatic amines is 1. The molecule has 5 rings (SSSR count). The molecule has 1 fully saturated rings. The number of rotatable bonds is 9. The van der Waals surface area contributed by atoms with Crippen molar-refractivity contribution in [3.63, 3.8) is 0 Å². The van der Waals surface area contributed by atoms with E-state index in [9.17, 15) is 0 Å². The summed E-state index contributed by atoms with van der Waals surface area (Å²) in [6, 6.07) is 11.7. The van der Waals surface area contributed by atoms with Crippen molar-refractivity contribution in [1.82, 2.24) is 35.0 Å². The van der Waals surface area contributed by atoms with E-state index in [1.807, 2.05) is 36.4 Å². The molecule has 5 N–H and O–H groups in total. The van der Waals surface area contributed by atoms with E-state index in [1.54, 1.807) is 12.4 Å². The number of aromatic nitrogens is 6. The highest BCUT2D eigenvalue weighted by Crippen LogP contribution is 2.25. The van der Waals surface area contributed by atoms with Gasteiger partial charge in [-0.3, -0.25) is 10.00 Å². The molecule has 1 aliphatic heterocycles. The molecule has 0 saturated carbocycles. The molecule has 1 unspecified atom stereocenters. The first-order valence-corrected chi connectivity index (χ1v) is 11.4. The zero-order valence-electron chi connectivity index (χ0n) is 19.2. The van der Waals surface area contributed by atoms with Crippen LogP contribution in [0.15, 0.2) is 48.8 Å². The van der Waals surface area contributed by atoms with Crippen LogP contribution in [-0.4, -0.2) is 81.0 Å². The third-order valence-corrected chi connectivity index (χ3v) is 5.78. The van der Waals surface area contributed by atoms with E-state index in [1.165, 1.54) is 0 Å². The molecule has 4 aromatic rings. The number of nitrogens with two attached hydrogens (primary N) is 1. The molecule has 184 valence electrons. The van der Waals surface area contributed by atoms with E-state index in [0.29, 0.717) is 29.8 Å². The highest BCUT2D eigenvalue weighted by atomic mass is 35.5. The molecule has 1 aromatic carbocycles. The SMILES string of the molecule is Cl.NCC(Nc1nccc(-c2[nH]nc3nc(NCCN4CCOCC4)ncc23)n1)c1ccccc1. The first-order chi connectivity index (χ1) is 16.8. The molecule has 12 heteroatoms. The van der Waals surface area contributed by atoms with Gasteiger partial charge in [-0.15, -0.1) is 12.4 Å².